The molecule has 1 aliphatic carbocycles. The highest BCUT2D eigenvalue weighted by Gasteiger charge is 2.39. The molecule has 1 atom stereocenters. The zero-order chi connectivity index (χ0) is 23.3. The van der Waals surface area contributed by atoms with Gasteiger partial charge in [0.15, 0.2) is 0 Å². The second kappa shape index (κ2) is 8.10. The summed E-state index contributed by atoms with van der Waals surface area (Å²) in [4.78, 5) is 15.9. The SMILES string of the molecule is CC(NC(=O)C1CC(c2c(-c3ccc(F)cc3)[nH]c3c(F)cc(F)cc23)C1)c1ccnn1C. The molecule has 8 heteroatoms. The van der Waals surface area contributed by atoms with Crippen molar-refractivity contribution < 1.29 is 18.0 Å². The van der Waals surface area contributed by atoms with Crippen molar-refractivity contribution >= 4 is 16.8 Å². The summed E-state index contributed by atoms with van der Waals surface area (Å²) in [6, 6.07) is 9.71. The van der Waals surface area contributed by atoms with E-state index >= 15 is 0 Å². The lowest BCUT2D eigenvalue weighted by Gasteiger charge is -2.35. The van der Waals surface area contributed by atoms with E-state index in [1.807, 2.05) is 20.0 Å². The van der Waals surface area contributed by atoms with Crippen LogP contribution in [0, 0.1) is 23.4 Å². The minimum absolute atomic E-state index is 0.0530. The first-order valence-corrected chi connectivity index (χ1v) is 10.9. The van der Waals surface area contributed by atoms with Gasteiger partial charge in [0.2, 0.25) is 5.91 Å². The molecule has 1 aliphatic rings. The number of nitrogens with zero attached hydrogens (tertiary/aromatic N) is 2. The number of carbonyl (C=O) groups is 1. The van der Waals surface area contributed by atoms with E-state index in [4.69, 9.17) is 0 Å². The van der Waals surface area contributed by atoms with E-state index < -0.39 is 11.6 Å². The predicted molar refractivity (Wildman–Crippen MR) is 119 cm³/mol. The molecule has 2 aromatic carbocycles. The zero-order valence-electron chi connectivity index (χ0n) is 18.2. The Kier molecular flexibility index (Phi) is 5.23. The lowest BCUT2D eigenvalue weighted by molar-refractivity contribution is -0.128. The van der Waals surface area contributed by atoms with Crippen LogP contribution in [0.1, 0.15) is 43.0 Å². The van der Waals surface area contributed by atoms with Crippen molar-refractivity contribution in [3.63, 3.8) is 0 Å². The highest BCUT2D eigenvalue weighted by atomic mass is 19.1. The molecule has 0 aliphatic heterocycles. The van der Waals surface area contributed by atoms with Crippen molar-refractivity contribution in [1.29, 1.82) is 0 Å². The summed E-state index contributed by atoms with van der Waals surface area (Å²) in [7, 11) is 1.82. The summed E-state index contributed by atoms with van der Waals surface area (Å²) in [5, 5.41) is 7.62. The van der Waals surface area contributed by atoms with E-state index in [-0.39, 0.29) is 35.1 Å². The standard InChI is InChI=1S/C25H23F3N4O/c1-13(21-7-8-29-32(21)2)30-25(33)16-9-15(10-16)22-19-11-18(27)12-20(28)24(19)31-23(22)14-3-5-17(26)6-4-14/h3-8,11-13,15-16,31H,9-10H2,1-2H3,(H,30,33). The minimum atomic E-state index is -0.682. The highest BCUT2D eigenvalue weighted by Crippen LogP contribution is 2.48. The highest BCUT2D eigenvalue weighted by molar-refractivity contribution is 5.92. The van der Waals surface area contributed by atoms with Crippen LogP contribution in [0.4, 0.5) is 13.2 Å². The number of rotatable bonds is 5. The van der Waals surface area contributed by atoms with E-state index in [0.717, 1.165) is 17.3 Å². The van der Waals surface area contributed by atoms with Gasteiger partial charge in [-0.1, -0.05) is 0 Å². The van der Waals surface area contributed by atoms with Crippen LogP contribution in [-0.4, -0.2) is 20.7 Å². The van der Waals surface area contributed by atoms with Crippen LogP contribution in [0.15, 0.2) is 48.7 Å². The van der Waals surface area contributed by atoms with Gasteiger partial charge in [-0.05, 0) is 73.2 Å². The Balaban J connectivity index is 1.42. The largest absolute Gasteiger partial charge is 0.352 e. The molecule has 4 aromatic rings. The first-order valence-electron chi connectivity index (χ1n) is 10.9. The Hall–Kier alpha value is -3.55. The van der Waals surface area contributed by atoms with Crippen molar-refractivity contribution in [2.24, 2.45) is 13.0 Å². The molecule has 33 heavy (non-hydrogen) atoms. The maximum atomic E-state index is 14.5. The maximum Gasteiger partial charge on any atom is 0.223 e. The molecule has 0 saturated heterocycles. The summed E-state index contributed by atoms with van der Waals surface area (Å²) >= 11 is 0. The lowest BCUT2D eigenvalue weighted by atomic mass is 9.69. The normalized spacial score (nSPS) is 18.8. The van der Waals surface area contributed by atoms with Gasteiger partial charge >= 0.3 is 0 Å². The van der Waals surface area contributed by atoms with Gasteiger partial charge in [0.1, 0.15) is 17.5 Å². The smallest absolute Gasteiger partial charge is 0.223 e. The van der Waals surface area contributed by atoms with Crippen LogP contribution in [0.2, 0.25) is 0 Å². The molecule has 0 radical (unpaired) electrons. The first kappa shape index (κ1) is 21.3. The Morgan fingerprint density at radius 3 is 2.52 bits per heavy atom. The molecule has 170 valence electrons. The lowest BCUT2D eigenvalue weighted by Crippen LogP contribution is -2.39. The number of fused-ring (bicyclic) bond motifs is 1. The van der Waals surface area contributed by atoms with Gasteiger partial charge < -0.3 is 10.3 Å². The molecule has 0 bridgehead atoms. The molecule has 1 fully saturated rings. The number of H-pyrrole nitrogens is 1. The minimum Gasteiger partial charge on any atom is -0.352 e. The van der Waals surface area contributed by atoms with Crippen LogP contribution in [-0.2, 0) is 11.8 Å². The van der Waals surface area contributed by atoms with Crippen LogP contribution < -0.4 is 5.32 Å². The third kappa shape index (κ3) is 3.79. The number of aryl methyl sites for hydroxylation is 1. The average molecular weight is 452 g/mol. The Bertz CT molecular complexity index is 1340. The van der Waals surface area contributed by atoms with Crippen molar-refractivity contribution in [3.05, 3.63) is 77.4 Å². The van der Waals surface area contributed by atoms with Gasteiger partial charge in [-0.15, -0.1) is 0 Å². The number of aromatic amines is 1. The summed E-state index contributed by atoms with van der Waals surface area (Å²) in [5.74, 6) is -2.03. The molecule has 5 rings (SSSR count). The summed E-state index contributed by atoms with van der Waals surface area (Å²) in [6.07, 6.45) is 2.80. The molecule has 2 heterocycles. The molecular weight excluding hydrogens is 429 g/mol. The third-order valence-corrected chi connectivity index (χ3v) is 6.58. The molecule has 5 nitrogen and oxygen atoms in total. The van der Waals surface area contributed by atoms with Gasteiger partial charge in [-0.25, -0.2) is 13.2 Å². The predicted octanol–water partition coefficient (Wildman–Crippen LogP) is 5.36. The maximum absolute atomic E-state index is 14.5. The fraction of sp³-hybridized carbons (Fsp3) is 0.280. The summed E-state index contributed by atoms with van der Waals surface area (Å²) < 4.78 is 43.8. The molecule has 1 unspecified atom stereocenters. The van der Waals surface area contributed by atoms with Crippen LogP contribution >= 0.6 is 0 Å². The quantitative estimate of drug-likeness (QED) is 0.428. The van der Waals surface area contributed by atoms with E-state index in [9.17, 15) is 18.0 Å². The number of aromatic nitrogens is 3. The van der Waals surface area contributed by atoms with Gasteiger partial charge in [0.25, 0.3) is 0 Å². The second-order valence-corrected chi connectivity index (χ2v) is 8.71. The van der Waals surface area contributed by atoms with Crippen molar-refractivity contribution in [1.82, 2.24) is 20.1 Å². The molecular formula is C25H23F3N4O. The molecule has 1 saturated carbocycles. The van der Waals surface area contributed by atoms with E-state index in [0.29, 0.717) is 29.5 Å². The van der Waals surface area contributed by atoms with Crippen LogP contribution in [0.5, 0.6) is 0 Å². The van der Waals surface area contributed by atoms with Gasteiger partial charge in [-0.2, -0.15) is 5.10 Å². The number of halogens is 3. The zero-order valence-corrected chi connectivity index (χ0v) is 18.2. The third-order valence-electron chi connectivity index (χ3n) is 6.58. The van der Waals surface area contributed by atoms with Crippen LogP contribution in [0.25, 0.3) is 22.2 Å². The number of amides is 1. The Morgan fingerprint density at radius 1 is 1.12 bits per heavy atom. The van der Waals surface area contributed by atoms with Crippen LogP contribution in [0.3, 0.4) is 0 Å². The molecule has 1 amide bonds. The van der Waals surface area contributed by atoms with Gasteiger partial charge in [0.05, 0.1) is 22.9 Å². The van der Waals surface area contributed by atoms with Gasteiger partial charge in [0, 0.05) is 30.6 Å². The van der Waals surface area contributed by atoms with Crippen molar-refractivity contribution in [2.75, 3.05) is 0 Å². The van der Waals surface area contributed by atoms with Crippen molar-refractivity contribution in [3.8, 4) is 11.3 Å². The summed E-state index contributed by atoms with van der Waals surface area (Å²) in [5.41, 5.74) is 3.18. The molecule has 0 spiro atoms. The monoisotopic (exact) mass is 452 g/mol. The molecule has 2 N–H and O–H groups in total. The topological polar surface area (TPSA) is 62.7 Å². The second-order valence-electron chi connectivity index (χ2n) is 8.71. The number of benzene rings is 2. The number of nitrogens with one attached hydrogen (secondary N) is 2. The fourth-order valence-electron chi connectivity index (χ4n) is 4.79. The number of hydrogen-bond acceptors (Lipinski definition) is 2. The number of carbonyl (C=O) groups excluding carboxylic acids is 1. The van der Waals surface area contributed by atoms with Crippen molar-refractivity contribution in [2.45, 2.75) is 31.7 Å². The Morgan fingerprint density at radius 2 is 1.85 bits per heavy atom. The first-order chi connectivity index (χ1) is 15.8. The number of hydrogen-bond donors (Lipinski definition) is 2. The average Bonchev–Trinajstić information content (AvgIpc) is 3.32. The van der Waals surface area contributed by atoms with E-state index in [1.54, 1.807) is 23.0 Å². The Labute approximate surface area is 188 Å². The van der Waals surface area contributed by atoms with E-state index in [1.165, 1.54) is 18.2 Å². The van der Waals surface area contributed by atoms with Gasteiger partial charge in [-0.3, -0.25) is 9.48 Å². The molecule has 2 aromatic heterocycles. The summed E-state index contributed by atoms with van der Waals surface area (Å²) in [6.45, 7) is 1.91. The fourth-order valence-corrected chi connectivity index (χ4v) is 4.79. The van der Waals surface area contributed by atoms with E-state index in [2.05, 4.69) is 15.4 Å².